The fourth-order valence-electron chi connectivity index (χ4n) is 1.43. The molecular formula is C13H15NO2. The lowest BCUT2D eigenvalue weighted by molar-refractivity contribution is 0.317. The van der Waals surface area contributed by atoms with E-state index in [2.05, 4.69) is 11.9 Å². The molecular weight excluding hydrogens is 202 g/mol. The molecule has 0 atom stereocenters. The minimum atomic E-state index is 0.638. The van der Waals surface area contributed by atoms with Gasteiger partial charge in [-0.05, 0) is 31.5 Å². The van der Waals surface area contributed by atoms with Gasteiger partial charge >= 0.3 is 0 Å². The van der Waals surface area contributed by atoms with Crippen LogP contribution >= 0.6 is 0 Å². The maximum Gasteiger partial charge on any atom is 0.226 e. The Bertz CT molecular complexity index is 462. The average Bonchev–Trinajstić information content (AvgIpc) is 2.74. The Hall–Kier alpha value is -1.77. The van der Waals surface area contributed by atoms with Gasteiger partial charge in [-0.15, -0.1) is 0 Å². The van der Waals surface area contributed by atoms with Gasteiger partial charge in [0.05, 0.1) is 12.3 Å². The van der Waals surface area contributed by atoms with Crippen LogP contribution in [0, 0.1) is 6.92 Å². The van der Waals surface area contributed by atoms with E-state index in [-0.39, 0.29) is 0 Å². The van der Waals surface area contributed by atoms with Crippen LogP contribution in [0.25, 0.3) is 11.5 Å². The van der Waals surface area contributed by atoms with Crippen molar-refractivity contribution < 1.29 is 9.15 Å². The minimum Gasteiger partial charge on any atom is -0.494 e. The lowest BCUT2D eigenvalue weighted by atomic mass is 10.2. The maximum atomic E-state index is 5.55. The number of hydrogen-bond donors (Lipinski definition) is 0. The van der Waals surface area contributed by atoms with Crippen LogP contribution in [-0.4, -0.2) is 11.6 Å². The number of rotatable bonds is 4. The summed E-state index contributed by atoms with van der Waals surface area (Å²) < 4.78 is 10.9. The first-order valence-electron chi connectivity index (χ1n) is 5.45. The number of benzene rings is 1. The normalized spacial score (nSPS) is 10.4. The van der Waals surface area contributed by atoms with Crippen molar-refractivity contribution in [2.24, 2.45) is 0 Å². The molecule has 3 nitrogen and oxygen atoms in total. The number of ether oxygens (including phenoxy) is 1. The molecule has 0 aliphatic heterocycles. The van der Waals surface area contributed by atoms with Crippen LogP contribution in [0.5, 0.6) is 5.75 Å². The summed E-state index contributed by atoms with van der Waals surface area (Å²) in [5, 5.41) is 0. The molecule has 16 heavy (non-hydrogen) atoms. The highest BCUT2D eigenvalue weighted by molar-refractivity contribution is 5.55. The summed E-state index contributed by atoms with van der Waals surface area (Å²) in [5.41, 5.74) is 1.83. The van der Waals surface area contributed by atoms with Crippen molar-refractivity contribution in [3.63, 3.8) is 0 Å². The molecule has 0 radical (unpaired) electrons. The summed E-state index contributed by atoms with van der Waals surface area (Å²) in [6, 6.07) is 7.79. The largest absolute Gasteiger partial charge is 0.494 e. The van der Waals surface area contributed by atoms with E-state index in [1.54, 1.807) is 6.26 Å². The summed E-state index contributed by atoms with van der Waals surface area (Å²) in [4.78, 5) is 4.28. The van der Waals surface area contributed by atoms with E-state index >= 15 is 0 Å². The summed E-state index contributed by atoms with van der Waals surface area (Å²) in [6.45, 7) is 4.72. The third kappa shape index (κ3) is 2.42. The van der Waals surface area contributed by atoms with E-state index in [0.29, 0.717) is 5.89 Å². The molecule has 0 fully saturated rings. The van der Waals surface area contributed by atoms with Crippen molar-refractivity contribution in [1.82, 2.24) is 4.98 Å². The van der Waals surface area contributed by atoms with Crippen LogP contribution in [-0.2, 0) is 0 Å². The van der Waals surface area contributed by atoms with Crippen molar-refractivity contribution in [3.8, 4) is 17.2 Å². The van der Waals surface area contributed by atoms with Gasteiger partial charge in [-0.3, -0.25) is 0 Å². The predicted octanol–water partition coefficient (Wildman–Crippen LogP) is 3.44. The first-order valence-corrected chi connectivity index (χ1v) is 5.45. The van der Waals surface area contributed by atoms with Gasteiger partial charge in [0.1, 0.15) is 12.0 Å². The molecule has 1 aromatic carbocycles. The Morgan fingerprint density at radius 3 is 2.94 bits per heavy atom. The van der Waals surface area contributed by atoms with Crippen molar-refractivity contribution in [2.45, 2.75) is 20.3 Å². The Balaban J connectivity index is 2.22. The monoisotopic (exact) mass is 217 g/mol. The molecule has 2 rings (SSSR count). The zero-order valence-electron chi connectivity index (χ0n) is 9.56. The van der Waals surface area contributed by atoms with E-state index in [4.69, 9.17) is 9.15 Å². The lowest BCUT2D eigenvalue weighted by Crippen LogP contribution is -1.94. The highest BCUT2D eigenvalue weighted by atomic mass is 16.5. The zero-order valence-corrected chi connectivity index (χ0v) is 9.56. The van der Waals surface area contributed by atoms with Gasteiger partial charge in [-0.1, -0.05) is 13.0 Å². The van der Waals surface area contributed by atoms with Crippen molar-refractivity contribution in [1.29, 1.82) is 0 Å². The molecule has 1 heterocycles. The third-order valence-electron chi connectivity index (χ3n) is 2.17. The maximum absolute atomic E-state index is 5.55. The van der Waals surface area contributed by atoms with E-state index in [0.717, 1.165) is 30.0 Å². The Labute approximate surface area is 95.1 Å². The topological polar surface area (TPSA) is 35.3 Å². The Morgan fingerprint density at radius 1 is 1.38 bits per heavy atom. The van der Waals surface area contributed by atoms with Crippen molar-refractivity contribution in [2.75, 3.05) is 6.61 Å². The molecule has 0 saturated carbocycles. The number of hydrogen-bond acceptors (Lipinski definition) is 3. The first kappa shape index (κ1) is 10.7. The van der Waals surface area contributed by atoms with Gasteiger partial charge in [-0.25, -0.2) is 4.98 Å². The fourth-order valence-corrected chi connectivity index (χ4v) is 1.43. The van der Waals surface area contributed by atoms with E-state index in [9.17, 15) is 0 Å². The van der Waals surface area contributed by atoms with Crippen molar-refractivity contribution >= 4 is 0 Å². The number of nitrogens with zero attached hydrogens (tertiary/aromatic N) is 1. The molecule has 84 valence electrons. The molecule has 3 heteroatoms. The smallest absolute Gasteiger partial charge is 0.226 e. The van der Waals surface area contributed by atoms with Crippen LogP contribution in [0.15, 0.2) is 34.9 Å². The van der Waals surface area contributed by atoms with Crippen LogP contribution in [0.1, 0.15) is 19.0 Å². The second-order valence-electron chi connectivity index (χ2n) is 3.67. The number of oxazole rings is 1. The lowest BCUT2D eigenvalue weighted by Gasteiger charge is -2.04. The SMILES string of the molecule is CCCOc1cccc(-c2nc(C)co2)c1. The molecule has 0 aliphatic rings. The summed E-state index contributed by atoms with van der Waals surface area (Å²) in [6.07, 6.45) is 2.65. The van der Waals surface area contributed by atoms with Gasteiger partial charge in [0.15, 0.2) is 0 Å². The van der Waals surface area contributed by atoms with Crippen LogP contribution in [0.2, 0.25) is 0 Å². The summed E-state index contributed by atoms with van der Waals surface area (Å²) >= 11 is 0. The van der Waals surface area contributed by atoms with Gasteiger partial charge < -0.3 is 9.15 Å². The third-order valence-corrected chi connectivity index (χ3v) is 2.17. The molecule has 0 bridgehead atoms. The molecule has 0 aliphatic carbocycles. The summed E-state index contributed by atoms with van der Waals surface area (Å²) in [5.74, 6) is 1.50. The summed E-state index contributed by atoms with van der Waals surface area (Å²) in [7, 11) is 0. The van der Waals surface area contributed by atoms with Gasteiger partial charge in [0.2, 0.25) is 5.89 Å². The van der Waals surface area contributed by atoms with Crippen LogP contribution < -0.4 is 4.74 Å². The van der Waals surface area contributed by atoms with Gasteiger partial charge in [0, 0.05) is 5.56 Å². The van der Waals surface area contributed by atoms with E-state index in [1.807, 2.05) is 31.2 Å². The highest BCUT2D eigenvalue weighted by Crippen LogP contribution is 2.23. The van der Waals surface area contributed by atoms with Gasteiger partial charge in [-0.2, -0.15) is 0 Å². The van der Waals surface area contributed by atoms with Gasteiger partial charge in [0.25, 0.3) is 0 Å². The van der Waals surface area contributed by atoms with E-state index < -0.39 is 0 Å². The standard InChI is InChI=1S/C13H15NO2/c1-3-7-15-12-6-4-5-11(8-12)13-14-10(2)9-16-13/h4-6,8-9H,3,7H2,1-2H3. The van der Waals surface area contributed by atoms with Crippen molar-refractivity contribution in [3.05, 3.63) is 36.2 Å². The zero-order chi connectivity index (χ0) is 11.4. The molecule has 1 aromatic heterocycles. The Kier molecular flexibility index (Phi) is 3.25. The van der Waals surface area contributed by atoms with E-state index in [1.165, 1.54) is 0 Å². The molecule has 0 spiro atoms. The molecule has 0 saturated heterocycles. The number of aryl methyl sites for hydroxylation is 1. The van der Waals surface area contributed by atoms with Crippen LogP contribution in [0.3, 0.4) is 0 Å². The molecule has 0 N–H and O–H groups in total. The molecule has 2 aromatic rings. The minimum absolute atomic E-state index is 0.638. The molecule has 0 amide bonds. The Morgan fingerprint density at radius 2 is 2.25 bits per heavy atom. The second kappa shape index (κ2) is 4.84. The quantitative estimate of drug-likeness (QED) is 0.786. The molecule has 0 unspecified atom stereocenters. The first-order chi connectivity index (χ1) is 7.79. The highest BCUT2D eigenvalue weighted by Gasteiger charge is 2.05. The van der Waals surface area contributed by atoms with Crippen LogP contribution in [0.4, 0.5) is 0 Å². The second-order valence-corrected chi connectivity index (χ2v) is 3.67. The average molecular weight is 217 g/mol. The fraction of sp³-hybridized carbons (Fsp3) is 0.308. The predicted molar refractivity (Wildman–Crippen MR) is 62.5 cm³/mol. The number of aromatic nitrogens is 1.